The highest BCUT2D eigenvalue weighted by Gasteiger charge is 2.20. The lowest BCUT2D eigenvalue weighted by Gasteiger charge is -2.11. The fraction of sp³-hybridized carbons (Fsp3) is 0.211. The average molecular weight is 323 g/mol. The zero-order valence-corrected chi connectivity index (χ0v) is 13.3. The van der Waals surface area contributed by atoms with Crippen molar-refractivity contribution in [3.8, 4) is 0 Å². The quantitative estimate of drug-likeness (QED) is 0.374. The van der Waals surface area contributed by atoms with Gasteiger partial charge in [0.25, 0.3) is 5.91 Å². The van der Waals surface area contributed by atoms with Gasteiger partial charge in [0.05, 0.1) is 0 Å². The highest BCUT2D eigenvalue weighted by Crippen LogP contribution is 2.30. The number of benzene rings is 2. The Bertz CT molecular complexity index is 726. The molecule has 1 amide bonds. The summed E-state index contributed by atoms with van der Waals surface area (Å²) in [5, 5.41) is 15.4. The molecule has 1 aliphatic rings. The van der Waals surface area contributed by atoms with E-state index in [9.17, 15) is 4.79 Å². The zero-order valence-electron chi connectivity index (χ0n) is 13.3. The molecule has 0 aromatic heterocycles. The normalized spacial score (nSPS) is 16.0. The SMILES string of the molecule is O=C(/C=C/c1ccc(CNCC2CNc3ccccc32)cc1)NO. The Hall–Kier alpha value is -2.63. The van der Waals surface area contributed by atoms with Gasteiger partial charge in [0.2, 0.25) is 0 Å². The molecule has 1 heterocycles. The van der Waals surface area contributed by atoms with Crippen LogP contribution in [0.2, 0.25) is 0 Å². The maximum atomic E-state index is 10.9. The summed E-state index contributed by atoms with van der Waals surface area (Å²) in [7, 11) is 0. The van der Waals surface area contributed by atoms with Gasteiger partial charge in [0.15, 0.2) is 0 Å². The van der Waals surface area contributed by atoms with Crippen molar-refractivity contribution in [3.05, 3.63) is 71.3 Å². The third-order valence-corrected chi connectivity index (χ3v) is 4.18. The zero-order chi connectivity index (χ0) is 16.8. The topological polar surface area (TPSA) is 73.4 Å². The number of carbonyl (C=O) groups excluding carboxylic acids is 1. The molecule has 0 fully saturated rings. The van der Waals surface area contributed by atoms with Crippen molar-refractivity contribution in [2.24, 2.45) is 0 Å². The summed E-state index contributed by atoms with van der Waals surface area (Å²) < 4.78 is 0. The van der Waals surface area contributed by atoms with Gasteiger partial charge >= 0.3 is 0 Å². The molecule has 4 N–H and O–H groups in total. The lowest BCUT2D eigenvalue weighted by Crippen LogP contribution is -2.22. The van der Waals surface area contributed by atoms with Gasteiger partial charge in [-0.25, -0.2) is 5.48 Å². The van der Waals surface area contributed by atoms with E-state index in [2.05, 4.69) is 34.9 Å². The van der Waals surface area contributed by atoms with Gasteiger partial charge < -0.3 is 10.6 Å². The number of para-hydroxylation sites is 1. The first-order chi connectivity index (χ1) is 11.8. The van der Waals surface area contributed by atoms with Gasteiger partial charge in [-0.3, -0.25) is 10.0 Å². The minimum atomic E-state index is -0.536. The average Bonchev–Trinajstić information content (AvgIpc) is 3.04. The summed E-state index contributed by atoms with van der Waals surface area (Å²) in [6.07, 6.45) is 2.95. The second-order valence-electron chi connectivity index (χ2n) is 5.85. The largest absolute Gasteiger partial charge is 0.384 e. The number of nitrogens with one attached hydrogen (secondary N) is 3. The van der Waals surface area contributed by atoms with Gasteiger partial charge in [0.1, 0.15) is 0 Å². The first kappa shape index (κ1) is 16.2. The van der Waals surface area contributed by atoms with Crippen molar-refractivity contribution >= 4 is 17.7 Å². The number of fused-ring (bicyclic) bond motifs is 1. The maximum absolute atomic E-state index is 10.9. The van der Waals surface area contributed by atoms with Gasteiger partial charge in [0, 0.05) is 37.3 Å². The lowest BCUT2D eigenvalue weighted by atomic mass is 10.0. The number of amides is 1. The van der Waals surface area contributed by atoms with E-state index in [1.165, 1.54) is 22.9 Å². The van der Waals surface area contributed by atoms with Crippen LogP contribution in [0.5, 0.6) is 0 Å². The van der Waals surface area contributed by atoms with Crippen molar-refractivity contribution < 1.29 is 10.0 Å². The van der Waals surface area contributed by atoms with Crippen molar-refractivity contribution in [1.29, 1.82) is 0 Å². The van der Waals surface area contributed by atoms with Crippen LogP contribution in [0.25, 0.3) is 6.08 Å². The molecule has 1 atom stereocenters. The van der Waals surface area contributed by atoms with E-state index in [0.717, 1.165) is 25.2 Å². The predicted molar refractivity (Wildman–Crippen MR) is 94.8 cm³/mol. The molecule has 2 aromatic rings. The molecule has 3 rings (SSSR count). The van der Waals surface area contributed by atoms with Crippen LogP contribution in [-0.4, -0.2) is 24.2 Å². The molecule has 24 heavy (non-hydrogen) atoms. The molecule has 0 aliphatic carbocycles. The van der Waals surface area contributed by atoms with E-state index in [1.54, 1.807) is 11.6 Å². The van der Waals surface area contributed by atoms with Crippen LogP contribution in [0.4, 0.5) is 5.69 Å². The van der Waals surface area contributed by atoms with Gasteiger partial charge in [-0.15, -0.1) is 0 Å². The van der Waals surface area contributed by atoms with E-state index < -0.39 is 5.91 Å². The third kappa shape index (κ3) is 4.01. The first-order valence-corrected chi connectivity index (χ1v) is 8.01. The minimum absolute atomic E-state index is 0.500. The van der Waals surface area contributed by atoms with E-state index in [0.29, 0.717) is 5.92 Å². The number of rotatable bonds is 6. The second kappa shape index (κ2) is 7.77. The van der Waals surface area contributed by atoms with Crippen LogP contribution in [0.3, 0.4) is 0 Å². The van der Waals surface area contributed by atoms with Crippen LogP contribution in [0.15, 0.2) is 54.6 Å². The van der Waals surface area contributed by atoms with Gasteiger partial charge in [-0.1, -0.05) is 42.5 Å². The van der Waals surface area contributed by atoms with Gasteiger partial charge in [-0.2, -0.15) is 0 Å². The van der Waals surface area contributed by atoms with Crippen LogP contribution < -0.4 is 16.1 Å². The monoisotopic (exact) mass is 323 g/mol. The Labute approximate surface area is 141 Å². The van der Waals surface area contributed by atoms with Crippen LogP contribution in [0.1, 0.15) is 22.6 Å². The summed E-state index contributed by atoms with van der Waals surface area (Å²) in [4.78, 5) is 10.9. The molecule has 0 spiro atoms. The van der Waals surface area contributed by atoms with Crippen molar-refractivity contribution in [1.82, 2.24) is 10.8 Å². The number of hydroxylamine groups is 1. The van der Waals surface area contributed by atoms with E-state index in [1.807, 2.05) is 24.3 Å². The Balaban J connectivity index is 1.49. The van der Waals surface area contributed by atoms with Crippen LogP contribution >= 0.6 is 0 Å². The third-order valence-electron chi connectivity index (χ3n) is 4.18. The molecular weight excluding hydrogens is 302 g/mol. The van der Waals surface area contributed by atoms with E-state index in [4.69, 9.17) is 5.21 Å². The van der Waals surface area contributed by atoms with Crippen molar-refractivity contribution in [2.45, 2.75) is 12.5 Å². The summed E-state index contributed by atoms with van der Waals surface area (Å²) >= 11 is 0. The smallest absolute Gasteiger partial charge is 0.267 e. The summed E-state index contributed by atoms with van der Waals surface area (Å²) in [6, 6.07) is 16.4. The molecule has 1 aliphatic heterocycles. The first-order valence-electron chi connectivity index (χ1n) is 8.01. The molecule has 0 saturated heterocycles. The number of carbonyl (C=O) groups is 1. The maximum Gasteiger partial charge on any atom is 0.267 e. The molecule has 1 unspecified atom stereocenters. The lowest BCUT2D eigenvalue weighted by molar-refractivity contribution is -0.124. The fourth-order valence-electron chi connectivity index (χ4n) is 2.89. The summed E-state index contributed by atoms with van der Waals surface area (Å²) in [6.45, 7) is 2.71. The van der Waals surface area contributed by atoms with E-state index >= 15 is 0 Å². The Morgan fingerprint density at radius 3 is 2.79 bits per heavy atom. The molecule has 0 saturated carbocycles. The number of hydrogen-bond donors (Lipinski definition) is 4. The van der Waals surface area contributed by atoms with Crippen LogP contribution in [-0.2, 0) is 11.3 Å². The number of hydrogen-bond acceptors (Lipinski definition) is 4. The molecule has 0 radical (unpaired) electrons. The number of anilines is 1. The van der Waals surface area contributed by atoms with Crippen LogP contribution in [0, 0.1) is 0 Å². The minimum Gasteiger partial charge on any atom is -0.384 e. The Morgan fingerprint density at radius 1 is 1.21 bits per heavy atom. The standard InChI is InChI=1S/C19H21N3O2/c23-19(22-24)10-9-14-5-7-15(8-6-14)11-20-12-16-13-21-18-4-2-1-3-17(16)18/h1-10,16,20-21,24H,11-13H2,(H,22,23)/b10-9+. The van der Waals surface area contributed by atoms with Crippen molar-refractivity contribution in [2.75, 3.05) is 18.4 Å². The molecule has 2 aromatic carbocycles. The highest BCUT2D eigenvalue weighted by atomic mass is 16.5. The van der Waals surface area contributed by atoms with E-state index in [-0.39, 0.29) is 0 Å². The fourth-order valence-corrected chi connectivity index (χ4v) is 2.89. The second-order valence-corrected chi connectivity index (χ2v) is 5.85. The Kier molecular flexibility index (Phi) is 5.25. The summed E-state index contributed by atoms with van der Waals surface area (Å²) in [5.74, 6) is -0.0356. The highest BCUT2D eigenvalue weighted by molar-refractivity contribution is 5.90. The molecular formula is C19H21N3O2. The van der Waals surface area contributed by atoms with Gasteiger partial charge in [-0.05, 0) is 28.8 Å². The molecule has 5 nitrogen and oxygen atoms in total. The predicted octanol–water partition coefficient (Wildman–Crippen LogP) is 2.50. The summed E-state index contributed by atoms with van der Waals surface area (Å²) in [5.41, 5.74) is 6.30. The molecule has 5 heteroatoms. The molecule has 124 valence electrons. The Morgan fingerprint density at radius 2 is 2.00 bits per heavy atom. The van der Waals surface area contributed by atoms with Crippen molar-refractivity contribution in [3.63, 3.8) is 0 Å². The molecule has 0 bridgehead atoms.